The molecule has 0 atom stereocenters. The lowest BCUT2D eigenvalue weighted by atomic mass is 9.82. The SMILES string of the molecule is CCOC(=O)CCC(=O)N1CCC(CC)(CC)C1. The third-order valence-corrected chi connectivity index (χ3v) is 4.14. The number of carbonyl (C=O) groups is 2. The lowest BCUT2D eigenvalue weighted by Crippen LogP contribution is -2.32. The molecule has 1 aliphatic heterocycles. The molecule has 1 rings (SSSR count). The van der Waals surface area contributed by atoms with Gasteiger partial charge in [0.05, 0.1) is 13.0 Å². The van der Waals surface area contributed by atoms with Gasteiger partial charge in [-0.05, 0) is 31.6 Å². The maximum Gasteiger partial charge on any atom is 0.306 e. The van der Waals surface area contributed by atoms with Crippen LogP contribution in [0, 0.1) is 5.41 Å². The van der Waals surface area contributed by atoms with Crippen LogP contribution >= 0.6 is 0 Å². The molecule has 1 saturated heterocycles. The normalized spacial score (nSPS) is 17.8. The Balaban J connectivity index is 2.38. The van der Waals surface area contributed by atoms with Crippen molar-refractivity contribution < 1.29 is 14.3 Å². The van der Waals surface area contributed by atoms with E-state index in [0.29, 0.717) is 12.0 Å². The van der Waals surface area contributed by atoms with E-state index in [4.69, 9.17) is 4.74 Å². The molecular weight excluding hydrogens is 230 g/mol. The van der Waals surface area contributed by atoms with Crippen LogP contribution in [-0.4, -0.2) is 36.5 Å². The zero-order valence-electron chi connectivity index (χ0n) is 11.8. The summed E-state index contributed by atoms with van der Waals surface area (Å²) in [6.07, 6.45) is 3.80. The molecule has 0 aromatic rings. The van der Waals surface area contributed by atoms with E-state index in [9.17, 15) is 9.59 Å². The molecule has 0 saturated carbocycles. The van der Waals surface area contributed by atoms with Gasteiger partial charge in [0, 0.05) is 19.5 Å². The first kappa shape index (κ1) is 15.0. The fraction of sp³-hybridized carbons (Fsp3) is 0.857. The van der Waals surface area contributed by atoms with Crippen LogP contribution in [-0.2, 0) is 14.3 Å². The second-order valence-electron chi connectivity index (χ2n) is 5.08. The van der Waals surface area contributed by atoms with Crippen LogP contribution in [0.4, 0.5) is 0 Å². The van der Waals surface area contributed by atoms with Crippen LogP contribution in [0.3, 0.4) is 0 Å². The van der Waals surface area contributed by atoms with E-state index in [0.717, 1.165) is 32.4 Å². The Hall–Kier alpha value is -1.06. The predicted octanol–water partition coefficient (Wildman–Crippen LogP) is 2.37. The molecule has 0 unspecified atom stereocenters. The average molecular weight is 255 g/mol. The van der Waals surface area contributed by atoms with Crippen LogP contribution in [0.5, 0.6) is 0 Å². The van der Waals surface area contributed by atoms with Crippen molar-refractivity contribution in [3.05, 3.63) is 0 Å². The van der Waals surface area contributed by atoms with Crippen molar-refractivity contribution in [2.45, 2.75) is 52.9 Å². The number of rotatable bonds is 6. The standard InChI is InChI=1S/C14H25NO3/c1-4-14(5-2)9-10-15(11-14)12(16)7-8-13(17)18-6-3/h4-11H2,1-3H3. The fourth-order valence-electron chi connectivity index (χ4n) is 2.58. The van der Waals surface area contributed by atoms with Gasteiger partial charge in [0.2, 0.25) is 5.91 Å². The Bertz CT molecular complexity index is 297. The summed E-state index contributed by atoms with van der Waals surface area (Å²) in [7, 11) is 0. The van der Waals surface area contributed by atoms with Gasteiger partial charge in [-0.2, -0.15) is 0 Å². The van der Waals surface area contributed by atoms with Gasteiger partial charge in [0.1, 0.15) is 0 Å². The highest BCUT2D eigenvalue weighted by Crippen LogP contribution is 2.37. The van der Waals surface area contributed by atoms with Gasteiger partial charge in [-0.25, -0.2) is 0 Å². The summed E-state index contributed by atoms with van der Waals surface area (Å²) in [5.74, 6) is -0.186. The fourth-order valence-corrected chi connectivity index (χ4v) is 2.58. The zero-order chi connectivity index (χ0) is 13.6. The van der Waals surface area contributed by atoms with Gasteiger partial charge >= 0.3 is 5.97 Å². The average Bonchev–Trinajstić information content (AvgIpc) is 2.81. The van der Waals surface area contributed by atoms with Gasteiger partial charge in [0.25, 0.3) is 0 Å². The van der Waals surface area contributed by atoms with E-state index in [1.807, 2.05) is 4.90 Å². The summed E-state index contributed by atoms with van der Waals surface area (Å²) in [5, 5.41) is 0. The molecule has 1 amide bonds. The van der Waals surface area contributed by atoms with E-state index in [1.54, 1.807) is 6.92 Å². The van der Waals surface area contributed by atoms with Gasteiger partial charge in [0.15, 0.2) is 0 Å². The van der Waals surface area contributed by atoms with Gasteiger partial charge in [-0.3, -0.25) is 9.59 Å². The Morgan fingerprint density at radius 3 is 2.33 bits per heavy atom. The topological polar surface area (TPSA) is 46.6 Å². The Morgan fingerprint density at radius 2 is 1.83 bits per heavy atom. The smallest absolute Gasteiger partial charge is 0.306 e. The summed E-state index contributed by atoms with van der Waals surface area (Å²) >= 11 is 0. The molecule has 0 spiro atoms. The maximum atomic E-state index is 12.0. The molecule has 0 aliphatic carbocycles. The molecule has 18 heavy (non-hydrogen) atoms. The molecule has 0 radical (unpaired) electrons. The van der Waals surface area contributed by atoms with Crippen LogP contribution < -0.4 is 0 Å². The van der Waals surface area contributed by atoms with Crippen molar-refractivity contribution in [2.75, 3.05) is 19.7 Å². The van der Waals surface area contributed by atoms with Crippen LogP contribution in [0.15, 0.2) is 0 Å². The summed E-state index contributed by atoms with van der Waals surface area (Å²) in [6.45, 7) is 8.22. The highest BCUT2D eigenvalue weighted by Gasteiger charge is 2.36. The van der Waals surface area contributed by atoms with Crippen molar-refractivity contribution in [1.29, 1.82) is 0 Å². The number of nitrogens with zero attached hydrogens (tertiary/aromatic N) is 1. The lowest BCUT2D eigenvalue weighted by Gasteiger charge is -2.26. The molecule has 0 aromatic carbocycles. The minimum absolute atomic E-state index is 0.0897. The number of ether oxygens (including phenoxy) is 1. The summed E-state index contributed by atoms with van der Waals surface area (Å²) in [4.78, 5) is 25.1. The Kier molecular flexibility index (Phi) is 5.63. The maximum absolute atomic E-state index is 12.0. The first-order chi connectivity index (χ1) is 8.56. The van der Waals surface area contributed by atoms with E-state index in [-0.39, 0.29) is 24.7 Å². The summed E-state index contributed by atoms with van der Waals surface area (Å²) in [5.41, 5.74) is 0.305. The quantitative estimate of drug-likeness (QED) is 0.685. The second-order valence-corrected chi connectivity index (χ2v) is 5.08. The van der Waals surface area contributed by atoms with Gasteiger partial charge in [-0.1, -0.05) is 13.8 Å². The second kappa shape index (κ2) is 6.76. The van der Waals surface area contributed by atoms with Crippen molar-refractivity contribution in [3.8, 4) is 0 Å². The van der Waals surface area contributed by atoms with Crippen molar-refractivity contribution in [2.24, 2.45) is 5.41 Å². The molecule has 0 bridgehead atoms. The van der Waals surface area contributed by atoms with Crippen LogP contribution in [0.25, 0.3) is 0 Å². The third kappa shape index (κ3) is 3.72. The number of carbonyl (C=O) groups excluding carboxylic acids is 2. The highest BCUT2D eigenvalue weighted by molar-refractivity contribution is 5.81. The largest absolute Gasteiger partial charge is 0.466 e. The number of esters is 1. The van der Waals surface area contributed by atoms with E-state index >= 15 is 0 Å². The minimum Gasteiger partial charge on any atom is -0.466 e. The van der Waals surface area contributed by atoms with E-state index in [2.05, 4.69) is 13.8 Å². The molecule has 1 aliphatic rings. The molecule has 1 fully saturated rings. The number of likely N-dealkylation sites (tertiary alicyclic amines) is 1. The molecule has 104 valence electrons. The van der Waals surface area contributed by atoms with Crippen molar-refractivity contribution in [3.63, 3.8) is 0 Å². The Labute approximate surface area is 110 Å². The zero-order valence-corrected chi connectivity index (χ0v) is 11.8. The third-order valence-electron chi connectivity index (χ3n) is 4.14. The molecule has 0 aromatic heterocycles. The van der Waals surface area contributed by atoms with Gasteiger partial charge < -0.3 is 9.64 Å². The number of hydrogen-bond acceptors (Lipinski definition) is 3. The van der Waals surface area contributed by atoms with Crippen LogP contribution in [0.2, 0.25) is 0 Å². The molecule has 4 nitrogen and oxygen atoms in total. The van der Waals surface area contributed by atoms with E-state index in [1.165, 1.54) is 0 Å². The predicted molar refractivity (Wildman–Crippen MR) is 70.1 cm³/mol. The first-order valence-corrected chi connectivity index (χ1v) is 7.00. The molecule has 1 heterocycles. The van der Waals surface area contributed by atoms with Crippen molar-refractivity contribution >= 4 is 11.9 Å². The highest BCUT2D eigenvalue weighted by atomic mass is 16.5. The molecular formula is C14H25NO3. The van der Waals surface area contributed by atoms with Crippen LogP contribution in [0.1, 0.15) is 52.9 Å². The van der Waals surface area contributed by atoms with Crippen molar-refractivity contribution in [1.82, 2.24) is 4.90 Å². The summed E-state index contributed by atoms with van der Waals surface area (Å²) < 4.78 is 4.83. The lowest BCUT2D eigenvalue weighted by molar-refractivity contribution is -0.145. The number of hydrogen-bond donors (Lipinski definition) is 0. The van der Waals surface area contributed by atoms with Gasteiger partial charge in [-0.15, -0.1) is 0 Å². The number of amides is 1. The molecule has 4 heteroatoms. The minimum atomic E-state index is -0.276. The molecule has 0 N–H and O–H groups in total. The Morgan fingerprint density at radius 1 is 1.17 bits per heavy atom. The summed E-state index contributed by atoms with van der Waals surface area (Å²) in [6, 6.07) is 0. The van der Waals surface area contributed by atoms with E-state index < -0.39 is 0 Å². The first-order valence-electron chi connectivity index (χ1n) is 7.00. The monoisotopic (exact) mass is 255 g/mol.